The summed E-state index contributed by atoms with van der Waals surface area (Å²) in [5, 5.41) is 0. The lowest BCUT2D eigenvalue weighted by molar-refractivity contribution is 0.211. The molecule has 0 saturated carbocycles. The number of ether oxygens (including phenoxy) is 2. The summed E-state index contributed by atoms with van der Waals surface area (Å²) in [7, 11) is 0. The Kier molecular flexibility index (Phi) is 8.92. The Morgan fingerprint density at radius 2 is 1.44 bits per heavy atom. The van der Waals surface area contributed by atoms with Crippen LogP contribution >= 0.6 is 0 Å². The summed E-state index contributed by atoms with van der Waals surface area (Å²) in [6.45, 7) is 5.33. The highest BCUT2D eigenvalue weighted by Crippen LogP contribution is 2.14. The summed E-state index contributed by atoms with van der Waals surface area (Å²) in [6, 6.07) is 0. The molecule has 0 radical (unpaired) electrons. The molecule has 0 aromatic carbocycles. The topological polar surface area (TPSA) is 44.5 Å². The van der Waals surface area contributed by atoms with Gasteiger partial charge in [-0.1, -0.05) is 6.92 Å². The third kappa shape index (κ3) is 7.06. The second-order valence-corrected chi connectivity index (χ2v) is 3.61. The van der Waals surface area contributed by atoms with E-state index in [2.05, 4.69) is 0 Å². The maximum Gasteiger partial charge on any atom is 0.150 e. The molecule has 104 valence electrons. The van der Waals surface area contributed by atoms with Crippen molar-refractivity contribution in [3.63, 3.8) is 0 Å². The van der Waals surface area contributed by atoms with Crippen LogP contribution in [0.5, 0.6) is 0 Å². The molecule has 5 heteroatoms. The zero-order valence-corrected chi connectivity index (χ0v) is 11.1. The van der Waals surface area contributed by atoms with Gasteiger partial charge in [0.15, 0.2) is 11.5 Å². The van der Waals surface area contributed by atoms with Gasteiger partial charge in [0.2, 0.25) is 0 Å². The molecule has 0 atom stereocenters. The quantitative estimate of drug-likeness (QED) is 0.538. The van der Waals surface area contributed by atoms with Crippen molar-refractivity contribution >= 4 is 0 Å². The Morgan fingerprint density at radius 1 is 1.00 bits per heavy atom. The van der Waals surface area contributed by atoms with E-state index in [1.54, 1.807) is 0 Å². The van der Waals surface area contributed by atoms with E-state index in [9.17, 15) is 8.78 Å². The van der Waals surface area contributed by atoms with Gasteiger partial charge < -0.3 is 15.2 Å². The monoisotopic (exact) mass is 261 g/mol. The molecule has 0 unspecified atom stereocenters. The molecule has 0 bridgehead atoms. The van der Waals surface area contributed by atoms with Crippen LogP contribution in [0.4, 0.5) is 8.78 Å². The Bertz CT molecular complexity index is 296. The Hall–Kier alpha value is -1.36. The smallest absolute Gasteiger partial charge is 0.150 e. The largest absolute Gasteiger partial charge is 0.491 e. The Labute approximate surface area is 107 Å². The van der Waals surface area contributed by atoms with Crippen LogP contribution in [0.25, 0.3) is 0 Å². The Balaban J connectivity index is 4.73. The van der Waals surface area contributed by atoms with Gasteiger partial charge in [0.05, 0.1) is 6.61 Å². The van der Waals surface area contributed by atoms with E-state index in [1.807, 2.05) is 6.92 Å². The van der Waals surface area contributed by atoms with E-state index in [4.69, 9.17) is 15.2 Å². The summed E-state index contributed by atoms with van der Waals surface area (Å²) in [6.07, 6.45) is 3.44. The van der Waals surface area contributed by atoms with E-state index in [0.717, 1.165) is 6.42 Å². The van der Waals surface area contributed by atoms with Gasteiger partial charge in [0, 0.05) is 6.54 Å². The predicted molar refractivity (Wildman–Crippen MR) is 68.0 cm³/mol. The van der Waals surface area contributed by atoms with Gasteiger partial charge >= 0.3 is 0 Å². The second kappa shape index (κ2) is 9.65. The molecule has 0 fully saturated rings. The Morgan fingerprint density at radius 3 is 1.78 bits per heavy atom. The molecular formula is C13H21F2NO2. The van der Waals surface area contributed by atoms with Crippen molar-refractivity contribution in [1.29, 1.82) is 0 Å². The zero-order chi connectivity index (χ0) is 14.0. The van der Waals surface area contributed by atoms with Gasteiger partial charge in [-0.15, -0.1) is 0 Å². The molecule has 18 heavy (non-hydrogen) atoms. The molecule has 0 aromatic rings. The van der Waals surface area contributed by atoms with Crippen LogP contribution in [0.3, 0.4) is 0 Å². The third-order valence-electron chi connectivity index (χ3n) is 1.90. The van der Waals surface area contributed by atoms with Crippen LogP contribution in [0.1, 0.15) is 27.2 Å². The van der Waals surface area contributed by atoms with Gasteiger partial charge in [-0.05, 0) is 32.4 Å². The average molecular weight is 261 g/mol. The van der Waals surface area contributed by atoms with Crippen molar-refractivity contribution in [3.05, 3.63) is 35.3 Å². The molecule has 0 amide bonds. The summed E-state index contributed by atoms with van der Waals surface area (Å²) < 4.78 is 36.5. The van der Waals surface area contributed by atoms with Gasteiger partial charge in [-0.3, -0.25) is 0 Å². The van der Waals surface area contributed by atoms with Crippen LogP contribution in [0.15, 0.2) is 35.3 Å². The van der Waals surface area contributed by atoms with E-state index in [0.29, 0.717) is 6.61 Å². The van der Waals surface area contributed by atoms with Crippen molar-refractivity contribution in [1.82, 2.24) is 0 Å². The molecule has 0 rings (SSSR count). The summed E-state index contributed by atoms with van der Waals surface area (Å²) in [5.74, 6) is -0.855. The zero-order valence-electron chi connectivity index (χ0n) is 11.1. The normalized spacial score (nSPS) is 14.3. The third-order valence-corrected chi connectivity index (χ3v) is 1.90. The second-order valence-electron chi connectivity index (χ2n) is 3.61. The van der Waals surface area contributed by atoms with Crippen molar-refractivity contribution in [2.45, 2.75) is 27.2 Å². The van der Waals surface area contributed by atoms with Crippen LogP contribution in [-0.4, -0.2) is 19.8 Å². The molecule has 3 nitrogen and oxygen atoms in total. The molecule has 0 aliphatic rings. The first-order valence-corrected chi connectivity index (χ1v) is 5.89. The first-order valence-electron chi connectivity index (χ1n) is 5.89. The van der Waals surface area contributed by atoms with Gasteiger partial charge in [-0.25, -0.2) is 8.78 Å². The number of allylic oxidation sites excluding steroid dienone is 4. The lowest BCUT2D eigenvalue weighted by atomic mass is 10.3. The van der Waals surface area contributed by atoms with Crippen LogP contribution in [-0.2, 0) is 9.47 Å². The van der Waals surface area contributed by atoms with Gasteiger partial charge in [0.25, 0.3) is 0 Å². The van der Waals surface area contributed by atoms with Crippen molar-refractivity contribution < 1.29 is 18.3 Å². The maximum atomic E-state index is 13.1. The number of hydrogen-bond acceptors (Lipinski definition) is 3. The van der Waals surface area contributed by atoms with Gasteiger partial charge in [-0.2, -0.15) is 0 Å². The van der Waals surface area contributed by atoms with Crippen molar-refractivity contribution in [2.75, 3.05) is 19.8 Å². The van der Waals surface area contributed by atoms with Crippen LogP contribution < -0.4 is 5.73 Å². The fourth-order valence-electron chi connectivity index (χ4n) is 1.06. The first kappa shape index (κ1) is 16.6. The fraction of sp³-hybridized carbons (Fsp3) is 0.538. The number of hydrogen-bond donors (Lipinski definition) is 1. The number of nitrogens with two attached hydrogens (primary N) is 1. The van der Waals surface area contributed by atoms with Gasteiger partial charge in [0.1, 0.15) is 18.3 Å². The highest BCUT2D eigenvalue weighted by atomic mass is 19.1. The van der Waals surface area contributed by atoms with Crippen molar-refractivity contribution in [2.24, 2.45) is 5.73 Å². The van der Waals surface area contributed by atoms with E-state index >= 15 is 0 Å². The minimum atomic E-state index is -0.494. The summed E-state index contributed by atoms with van der Waals surface area (Å²) in [4.78, 5) is 0. The average Bonchev–Trinajstić information content (AvgIpc) is 2.31. The molecular weight excluding hydrogens is 240 g/mol. The predicted octanol–water partition coefficient (Wildman–Crippen LogP) is 3.35. The molecule has 0 saturated heterocycles. The van der Waals surface area contributed by atoms with E-state index in [1.165, 1.54) is 26.0 Å². The minimum Gasteiger partial charge on any atom is -0.491 e. The number of halogens is 2. The van der Waals surface area contributed by atoms with Crippen LogP contribution in [0, 0.1) is 0 Å². The molecule has 2 N–H and O–H groups in total. The molecule has 0 heterocycles. The highest BCUT2D eigenvalue weighted by Gasteiger charge is 2.03. The molecule has 0 aliphatic heterocycles. The van der Waals surface area contributed by atoms with Crippen molar-refractivity contribution in [3.8, 4) is 0 Å². The SMILES string of the molecule is CCCOC(/C=C\C(OCCN)=C(/C)F)=C(/C)F. The van der Waals surface area contributed by atoms with E-state index in [-0.39, 0.29) is 24.7 Å². The standard InChI is InChI=1S/C13H21F2NO2/c1-4-8-17-12(10(2)14)5-6-13(11(3)15)18-9-7-16/h5-6H,4,7-9,16H2,1-3H3/b6-5-,12-10-,13-11-. The fourth-order valence-corrected chi connectivity index (χ4v) is 1.06. The highest BCUT2D eigenvalue weighted by molar-refractivity contribution is 5.24. The molecule has 0 aliphatic carbocycles. The molecule has 0 spiro atoms. The van der Waals surface area contributed by atoms with E-state index < -0.39 is 11.7 Å². The first-order chi connectivity index (χ1) is 8.52. The minimum absolute atomic E-state index is 0.0271. The molecule has 0 aromatic heterocycles. The lowest BCUT2D eigenvalue weighted by Gasteiger charge is -2.08. The maximum absolute atomic E-state index is 13.1. The summed E-state index contributed by atoms with van der Waals surface area (Å²) in [5.41, 5.74) is 5.26. The lowest BCUT2D eigenvalue weighted by Crippen LogP contribution is -2.08. The number of rotatable bonds is 8. The van der Waals surface area contributed by atoms with Crippen LogP contribution in [0.2, 0.25) is 0 Å². The summed E-state index contributed by atoms with van der Waals surface area (Å²) >= 11 is 0.